The number of fused-ring (bicyclic) bond motifs is 8. The fourth-order valence-corrected chi connectivity index (χ4v) is 11.8. The molecule has 0 saturated heterocycles. The molecule has 0 saturated carbocycles. The number of anilines is 12. The predicted octanol–water partition coefficient (Wildman–Crippen LogP) is 11.1. The largest absolute Gasteiger partial charge is 0.311 e. The summed E-state index contributed by atoms with van der Waals surface area (Å²) in [5.41, 5.74) is 23.4. The van der Waals surface area contributed by atoms with Gasteiger partial charge in [0.2, 0.25) is 0 Å². The normalized spacial score (nSPS) is 13.6. The van der Waals surface area contributed by atoms with Gasteiger partial charge in [-0.25, -0.2) is 0 Å². The lowest BCUT2D eigenvalue weighted by Crippen LogP contribution is -2.61. The molecular formula is C61H41B3N4. The summed E-state index contributed by atoms with van der Waals surface area (Å²) in [6.45, 7) is 0.0310. The monoisotopic (exact) mass is 862 g/mol. The molecule has 0 unspecified atom stereocenters. The molecule has 0 fully saturated rings. The number of hydrogen-bond acceptors (Lipinski definition) is 4. The summed E-state index contributed by atoms with van der Waals surface area (Å²) >= 11 is 0. The van der Waals surface area contributed by atoms with Crippen LogP contribution in [0.5, 0.6) is 0 Å². The summed E-state index contributed by atoms with van der Waals surface area (Å²) in [6, 6.07) is 88.6. The quantitative estimate of drug-likeness (QED) is 0.154. The first kappa shape index (κ1) is 38.8. The molecule has 7 heteroatoms. The van der Waals surface area contributed by atoms with Gasteiger partial charge in [-0.15, -0.1) is 0 Å². The lowest BCUT2D eigenvalue weighted by molar-refractivity contribution is 1.11. The third-order valence-corrected chi connectivity index (χ3v) is 14.6. The van der Waals surface area contributed by atoms with Gasteiger partial charge in [-0.2, -0.15) is 0 Å². The molecule has 0 spiro atoms. The van der Waals surface area contributed by atoms with Crippen molar-refractivity contribution < 1.29 is 0 Å². The maximum atomic E-state index is 7.98. The van der Waals surface area contributed by atoms with E-state index >= 15 is 0 Å². The molecule has 0 atom stereocenters. The van der Waals surface area contributed by atoms with Crippen LogP contribution in [0.3, 0.4) is 0 Å². The van der Waals surface area contributed by atoms with Crippen LogP contribution in [0.1, 0.15) is 16.9 Å². The minimum absolute atomic E-state index is 0.0155. The van der Waals surface area contributed by atoms with Crippen molar-refractivity contribution >= 4 is 122 Å². The molecule has 4 aliphatic rings. The summed E-state index contributed by atoms with van der Waals surface area (Å²) in [5, 5.41) is 0. The van der Waals surface area contributed by atoms with E-state index in [1.807, 2.05) is 0 Å². The fourth-order valence-electron chi connectivity index (χ4n) is 11.8. The van der Waals surface area contributed by atoms with E-state index in [9.17, 15) is 0 Å². The molecule has 10 aromatic rings. The fraction of sp³-hybridized carbons (Fsp3) is 0.0164. The molecule has 314 valence electrons. The van der Waals surface area contributed by atoms with Crippen molar-refractivity contribution in [3.05, 3.63) is 254 Å². The SMILES string of the molecule is [B]C(c1cc2c3c(c1)N(c1ccccc1)c1ccccc1B3c1ccccc1N2c1ccccc1)c1cc2c3c(c1)N(c1ccccc1)c1ccccc1B3c1ccccc1N2c1ccccc1. The summed E-state index contributed by atoms with van der Waals surface area (Å²) < 4.78 is 0. The maximum absolute atomic E-state index is 7.98. The Kier molecular flexibility index (Phi) is 8.75. The number of para-hydroxylation sites is 8. The van der Waals surface area contributed by atoms with E-state index in [-0.39, 0.29) is 13.4 Å². The summed E-state index contributed by atoms with van der Waals surface area (Å²) in [5.74, 6) is -0.510. The highest BCUT2D eigenvalue weighted by Crippen LogP contribution is 2.48. The summed E-state index contributed by atoms with van der Waals surface area (Å²) in [7, 11) is 7.98. The van der Waals surface area contributed by atoms with Crippen LogP contribution in [0.25, 0.3) is 0 Å². The number of nitrogens with zero attached hydrogens (tertiary/aromatic N) is 4. The van der Waals surface area contributed by atoms with E-state index < -0.39 is 5.82 Å². The van der Waals surface area contributed by atoms with Crippen molar-refractivity contribution in [3.8, 4) is 0 Å². The molecule has 0 N–H and O–H groups in total. The highest BCUT2D eigenvalue weighted by Gasteiger charge is 2.45. The predicted molar refractivity (Wildman–Crippen MR) is 289 cm³/mol. The lowest BCUT2D eigenvalue weighted by Gasteiger charge is -2.45. The van der Waals surface area contributed by atoms with Crippen molar-refractivity contribution in [1.29, 1.82) is 0 Å². The third kappa shape index (κ3) is 5.72. The van der Waals surface area contributed by atoms with Crippen molar-refractivity contribution in [2.45, 2.75) is 5.82 Å². The van der Waals surface area contributed by atoms with E-state index in [1.54, 1.807) is 0 Å². The zero-order valence-electron chi connectivity index (χ0n) is 37.2. The molecule has 10 aromatic carbocycles. The van der Waals surface area contributed by atoms with Crippen molar-refractivity contribution in [2.24, 2.45) is 0 Å². The van der Waals surface area contributed by atoms with Crippen LogP contribution >= 0.6 is 0 Å². The molecule has 4 nitrogen and oxygen atoms in total. The first-order valence-corrected chi connectivity index (χ1v) is 23.6. The Bertz CT molecular complexity index is 3130. The Morgan fingerprint density at radius 2 is 0.485 bits per heavy atom. The van der Waals surface area contributed by atoms with Gasteiger partial charge < -0.3 is 19.6 Å². The first-order valence-electron chi connectivity index (χ1n) is 23.6. The first-order chi connectivity index (χ1) is 33.7. The van der Waals surface area contributed by atoms with Crippen LogP contribution in [-0.2, 0) is 0 Å². The lowest BCUT2D eigenvalue weighted by atomic mass is 9.33. The van der Waals surface area contributed by atoms with Gasteiger partial charge in [-0.1, -0.05) is 146 Å². The van der Waals surface area contributed by atoms with Gasteiger partial charge in [0.15, 0.2) is 0 Å². The number of rotatable bonds is 6. The summed E-state index contributed by atoms with van der Waals surface area (Å²) in [6.07, 6.45) is 0. The molecular weight excluding hydrogens is 821 g/mol. The Labute approximate surface area is 399 Å². The van der Waals surface area contributed by atoms with E-state index in [4.69, 9.17) is 7.85 Å². The van der Waals surface area contributed by atoms with Gasteiger partial charge in [0.25, 0.3) is 13.4 Å². The molecule has 0 amide bonds. The molecule has 2 radical (unpaired) electrons. The van der Waals surface area contributed by atoms with Gasteiger partial charge in [0, 0.05) is 68.2 Å². The van der Waals surface area contributed by atoms with Gasteiger partial charge in [-0.05, 0) is 147 Å². The number of hydrogen-bond donors (Lipinski definition) is 0. The van der Waals surface area contributed by atoms with Crippen molar-refractivity contribution in [2.75, 3.05) is 19.6 Å². The molecule has 4 aliphatic heterocycles. The van der Waals surface area contributed by atoms with E-state index in [2.05, 4.69) is 262 Å². The standard InChI is InChI=1S/C61H41B3N4/c62-59(41-37-55-60-56(38-41)66(44-23-7-2-8-24-44)52-34-18-14-30-48(52)63(60)47-29-13-17-33-51(47)65(55)43-21-5-1-6-22-43)42-39-57-61-58(40-42)68(46-27-11-4-12-28-46)54-36-20-16-32-50(54)64(61)49-31-15-19-35-53(49)67(57)45-25-9-3-10-26-45/h1-40,59H. The molecule has 0 aromatic heterocycles. The van der Waals surface area contributed by atoms with Gasteiger partial charge in [0.1, 0.15) is 0 Å². The topological polar surface area (TPSA) is 13.0 Å². The second kappa shape index (κ2) is 15.3. The van der Waals surface area contributed by atoms with Crippen LogP contribution in [0.4, 0.5) is 68.2 Å². The highest BCUT2D eigenvalue weighted by atomic mass is 15.2. The molecule has 4 heterocycles. The minimum atomic E-state index is -0.510. The average molecular weight is 862 g/mol. The molecule has 0 bridgehead atoms. The van der Waals surface area contributed by atoms with E-state index in [1.165, 1.54) is 55.5 Å². The molecule has 0 aliphatic carbocycles. The molecule has 68 heavy (non-hydrogen) atoms. The minimum Gasteiger partial charge on any atom is -0.311 e. The highest BCUT2D eigenvalue weighted by molar-refractivity contribution is 7.01. The van der Waals surface area contributed by atoms with Gasteiger partial charge in [-0.3, -0.25) is 0 Å². The second-order valence-corrected chi connectivity index (χ2v) is 18.2. The molecule has 14 rings (SSSR count). The van der Waals surface area contributed by atoms with Gasteiger partial charge >= 0.3 is 0 Å². The smallest absolute Gasteiger partial charge is 0.252 e. The Morgan fingerprint density at radius 3 is 0.735 bits per heavy atom. The van der Waals surface area contributed by atoms with Crippen LogP contribution in [-0.4, -0.2) is 21.3 Å². The van der Waals surface area contributed by atoms with Crippen molar-refractivity contribution in [1.82, 2.24) is 0 Å². The second-order valence-electron chi connectivity index (χ2n) is 18.2. The Balaban J connectivity index is 1.05. The average Bonchev–Trinajstić information content (AvgIpc) is 3.41. The van der Waals surface area contributed by atoms with Crippen LogP contribution in [0.15, 0.2) is 243 Å². The zero-order valence-corrected chi connectivity index (χ0v) is 37.2. The van der Waals surface area contributed by atoms with Crippen molar-refractivity contribution in [3.63, 3.8) is 0 Å². The van der Waals surface area contributed by atoms with E-state index in [0.29, 0.717) is 0 Å². The number of benzene rings is 10. The van der Waals surface area contributed by atoms with Gasteiger partial charge in [0.05, 0.1) is 7.85 Å². The Morgan fingerprint density at radius 1 is 0.265 bits per heavy atom. The van der Waals surface area contributed by atoms with Crippen LogP contribution in [0.2, 0.25) is 0 Å². The van der Waals surface area contributed by atoms with Crippen LogP contribution in [0, 0.1) is 0 Å². The summed E-state index contributed by atoms with van der Waals surface area (Å²) in [4.78, 5) is 9.84. The van der Waals surface area contributed by atoms with E-state index in [0.717, 1.165) is 56.6 Å². The van der Waals surface area contributed by atoms with Crippen LogP contribution < -0.4 is 52.4 Å². The zero-order chi connectivity index (χ0) is 44.9. The Hall–Kier alpha value is -8.41. The third-order valence-electron chi connectivity index (χ3n) is 14.6. The maximum Gasteiger partial charge on any atom is 0.252 e.